The molecular weight excluding hydrogens is 276 g/mol. The lowest BCUT2D eigenvalue weighted by Crippen LogP contribution is -2.48. The van der Waals surface area contributed by atoms with Crippen LogP contribution in [0.4, 0.5) is 4.79 Å². The Morgan fingerprint density at radius 3 is 2.33 bits per heavy atom. The van der Waals surface area contributed by atoms with Crippen molar-refractivity contribution in [2.24, 2.45) is 0 Å². The summed E-state index contributed by atoms with van der Waals surface area (Å²) in [5.41, 5.74) is 0. The number of hydrogen-bond acceptors (Lipinski definition) is 3. The molecule has 1 aromatic rings. The summed E-state index contributed by atoms with van der Waals surface area (Å²) in [6, 6.07) is 8.99. The van der Waals surface area contributed by atoms with E-state index in [1.807, 2.05) is 18.2 Å². The molecule has 0 aliphatic carbocycles. The van der Waals surface area contributed by atoms with Gasteiger partial charge in [0.2, 0.25) is 0 Å². The van der Waals surface area contributed by atoms with Gasteiger partial charge in [-0.1, -0.05) is 18.2 Å². The van der Waals surface area contributed by atoms with E-state index in [0.717, 1.165) is 0 Å². The Morgan fingerprint density at radius 1 is 1.17 bits per heavy atom. The maximum Gasteiger partial charge on any atom is 0.316 e. The number of nitrogens with zero attached hydrogens (tertiary/aromatic N) is 2. The largest absolute Gasteiger partial charge is 0.389 e. The molecule has 98 valence electrons. The van der Waals surface area contributed by atoms with E-state index in [1.54, 1.807) is 16.4 Å². The molecule has 1 unspecified atom stereocenters. The number of para-hydroxylation sites is 1. The molecule has 1 heterocycles. The number of halogens is 1. The first-order valence-electron chi connectivity index (χ1n) is 5.51. The van der Waals surface area contributed by atoms with Crippen molar-refractivity contribution < 1.29 is 13.2 Å². The van der Waals surface area contributed by atoms with Crippen LogP contribution in [-0.4, -0.2) is 45.0 Å². The molecule has 0 N–H and O–H groups in total. The van der Waals surface area contributed by atoms with Gasteiger partial charge in [-0.15, -0.1) is 0 Å². The Bertz CT molecular complexity index is 435. The highest BCUT2D eigenvalue weighted by Gasteiger charge is 2.24. The van der Waals surface area contributed by atoms with Crippen LogP contribution < -0.4 is 4.18 Å². The number of hydrogen-bond donors (Lipinski definition) is 0. The standard InChI is InChI=1S/C11H13ClN2O3S/c12-11(15)13-6-8-14(9-7-13)18(16)17-10-4-2-1-3-5-10/h1-5H,6-9H2. The Kier molecular flexibility index (Phi) is 4.57. The second-order valence-corrected chi connectivity index (χ2v) is 5.22. The van der Waals surface area contributed by atoms with Gasteiger partial charge in [-0.3, -0.25) is 4.79 Å². The van der Waals surface area contributed by atoms with E-state index in [-0.39, 0.29) is 0 Å². The summed E-state index contributed by atoms with van der Waals surface area (Å²) >= 11 is 3.84. The quantitative estimate of drug-likeness (QED) is 0.627. The summed E-state index contributed by atoms with van der Waals surface area (Å²) in [6.07, 6.45) is 0. The lowest BCUT2D eigenvalue weighted by atomic mass is 10.3. The van der Waals surface area contributed by atoms with Gasteiger partial charge in [0, 0.05) is 26.2 Å². The average molecular weight is 289 g/mol. The molecule has 5 nitrogen and oxygen atoms in total. The van der Waals surface area contributed by atoms with Crippen LogP contribution in [0.1, 0.15) is 0 Å². The second-order valence-electron chi connectivity index (χ2n) is 3.78. The minimum Gasteiger partial charge on any atom is -0.389 e. The van der Waals surface area contributed by atoms with Crippen molar-refractivity contribution >= 4 is 28.2 Å². The summed E-state index contributed by atoms with van der Waals surface area (Å²) in [7, 11) is 0. The van der Waals surface area contributed by atoms with Crippen LogP contribution >= 0.6 is 11.6 Å². The molecule has 0 radical (unpaired) electrons. The molecule has 18 heavy (non-hydrogen) atoms. The maximum absolute atomic E-state index is 11.9. The zero-order valence-corrected chi connectivity index (χ0v) is 11.2. The SMILES string of the molecule is O=C(Cl)N1CCN(S(=O)Oc2ccccc2)CC1. The third kappa shape index (κ3) is 3.44. The molecule has 0 spiro atoms. The summed E-state index contributed by atoms with van der Waals surface area (Å²) in [5, 5.41) is -0.468. The van der Waals surface area contributed by atoms with E-state index in [2.05, 4.69) is 0 Å². The second kappa shape index (κ2) is 6.17. The highest BCUT2D eigenvalue weighted by Crippen LogP contribution is 2.13. The molecule has 1 aliphatic heterocycles. The summed E-state index contributed by atoms with van der Waals surface area (Å²) in [4.78, 5) is 12.4. The van der Waals surface area contributed by atoms with Crippen molar-refractivity contribution in [1.29, 1.82) is 0 Å². The van der Waals surface area contributed by atoms with Crippen molar-refractivity contribution in [3.63, 3.8) is 0 Å². The Hall–Kier alpha value is -1.11. The predicted molar refractivity (Wildman–Crippen MR) is 69.6 cm³/mol. The molecule has 7 heteroatoms. The molecule has 1 fully saturated rings. The Balaban J connectivity index is 1.86. The van der Waals surface area contributed by atoms with Crippen LogP contribution in [0.3, 0.4) is 0 Å². The van der Waals surface area contributed by atoms with Crippen molar-refractivity contribution in [3.05, 3.63) is 30.3 Å². The molecule has 2 rings (SSSR count). The van der Waals surface area contributed by atoms with Gasteiger partial charge >= 0.3 is 5.37 Å². The summed E-state index contributed by atoms with van der Waals surface area (Å²) < 4.78 is 18.9. The Labute approximate surface area is 113 Å². The zero-order chi connectivity index (χ0) is 13.0. The van der Waals surface area contributed by atoms with E-state index in [4.69, 9.17) is 15.8 Å². The number of carbonyl (C=O) groups excluding carboxylic acids is 1. The molecule has 1 aromatic carbocycles. The van der Waals surface area contributed by atoms with Gasteiger partial charge in [-0.05, 0) is 23.7 Å². The van der Waals surface area contributed by atoms with Crippen LogP contribution in [0, 0.1) is 0 Å². The monoisotopic (exact) mass is 288 g/mol. The van der Waals surface area contributed by atoms with Gasteiger partial charge in [-0.25, -0.2) is 0 Å². The van der Waals surface area contributed by atoms with Crippen molar-refractivity contribution in [3.8, 4) is 5.75 Å². The van der Waals surface area contributed by atoms with E-state index < -0.39 is 16.6 Å². The third-order valence-corrected chi connectivity index (χ3v) is 3.97. The summed E-state index contributed by atoms with van der Waals surface area (Å²) in [5.74, 6) is 0.562. The highest BCUT2D eigenvalue weighted by molar-refractivity contribution is 7.78. The first-order chi connectivity index (χ1) is 8.66. The normalized spacial score (nSPS) is 18.4. The van der Waals surface area contributed by atoms with Gasteiger partial charge in [0.1, 0.15) is 5.75 Å². The maximum atomic E-state index is 11.9. The molecule has 1 saturated heterocycles. The number of amides is 1. The fourth-order valence-electron chi connectivity index (χ4n) is 1.62. The molecule has 1 atom stereocenters. The van der Waals surface area contributed by atoms with E-state index in [1.165, 1.54) is 4.90 Å². The molecule has 0 bridgehead atoms. The number of benzene rings is 1. The highest BCUT2D eigenvalue weighted by atomic mass is 35.5. The van der Waals surface area contributed by atoms with Crippen LogP contribution in [0.5, 0.6) is 5.75 Å². The minimum absolute atomic E-state index is 0.465. The first kappa shape index (κ1) is 13.3. The molecule has 1 aliphatic rings. The molecular formula is C11H13ClN2O3S. The van der Waals surface area contributed by atoms with E-state index in [9.17, 15) is 9.00 Å². The van der Waals surface area contributed by atoms with Crippen LogP contribution in [0.25, 0.3) is 0 Å². The molecule has 0 aromatic heterocycles. The number of piperazine rings is 1. The predicted octanol–water partition coefficient (Wildman–Crippen LogP) is 1.62. The van der Waals surface area contributed by atoms with E-state index in [0.29, 0.717) is 31.9 Å². The molecule has 0 saturated carbocycles. The van der Waals surface area contributed by atoms with Crippen molar-refractivity contribution in [1.82, 2.24) is 9.21 Å². The van der Waals surface area contributed by atoms with Crippen molar-refractivity contribution in [2.45, 2.75) is 0 Å². The van der Waals surface area contributed by atoms with Gasteiger partial charge in [-0.2, -0.15) is 8.51 Å². The smallest absolute Gasteiger partial charge is 0.316 e. The van der Waals surface area contributed by atoms with Gasteiger partial charge in [0.05, 0.1) is 0 Å². The van der Waals surface area contributed by atoms with Crippen LogP contribution in [-0.2, 0) is 11.3 Å². The summed E-state index contributed by atoms with van der Waals surface area (Å²) in [6.45, 7) is 1.90. The fraction of sp³-hybridized carbons (Fsp3) is 0.364. The molecule has 1 amide bonds. The first-order valence-corrected chi connectivity index (χ1v) is 6.92. The van der Waals surface area contributed by atoms with Crippen molar-refractivity contribution in [2.75, 3.05) is 26.2 Å². The van der Waals surface area contributed by atoms with Gasteiger partial charge in [0.15, 0.2) is 0 Å². The minimum atomic E-state index is -1.53. The topological polar surface area (TPSA) is 49.9 Å². The average Bonchev–Trinajstić information content (AvgIpc) is 2.40. The van der Waals surface area contributed by atoms with Crippen LogP contribution in [0.2, 0.25) is 0 Å². The van der Waals surface area contributed by atoms with E-state index >= 15 is 0 Å². The third-order valence-electron chi connectivity index (χ3n) is 2.61. The lowest BCUT2D eigenvalue weighted by molar-refractivity contribution is 0.193. The lowest BCUT2D eigenvalue weighted by Gasteiger charge is -2.31. The van der Waals surface area contributed by atoms with Crippen LogP contribution in [0.15, 0.2) is 30.3 Å². The number of rotatable bonds is 3. The Morgan fingerprint density at radius 2 is 1.78 bits per heavy atom. The van der Waals surface area contributed by atoms with Gasteiger partial charge in [0.25, 0.3) is 11.3 Å². The van der Waals surface area contributed by atoms with Gasteiger partial charge < -0.3 is 9.08 Å². The number of carbonyl (C=O) groups is 1. The zero-order valence-electron chi connectivity index (χ0n) is 9.62. The fourth-order valence-corrected chi connectivity index (χ4v) is 2.64.